The van der Waals surface area contributed by atoms with E-state index < -0.39 is 12.2 Å². The van der Waals surface area contributed by atoms with Crippen LogP contribution < -0.4 is 20.1 Å². The summed E-state index contributed by atoms with van der Waals surface area (Å²) in [5, 5.41) is 29.9. The van der Waals surface area contributed by atoms with Crippen molar-refractivity contribution in [1.29, 1.82) is 0 Å². The average Bonchev–Trinajstić information content (AvgIpc) is 3.07. The number of piperidine rings is 2. The lowest BCUT2D eigenvalue weighted by Crippen LogP contribution is -2.62. The molecular weight excluding hydrogens is 685 g/mol. The molecule has 0 amide bonds. The van der Waals surface area contributed by atoms with Crippen molar-refractivity contribution in [3.8, 4) is 11.5 Å². The van der Waals surface area contributed by atoms with E-state index in [0.717, 1.165) is 76.0 Å². The van der Waals surface area contributed by atoms with Crippen LogP contribution in [0.4, 0.5) is 0 Å². The van der Waals surface area contributed by atoms with E-state index in [4.69, 9.17) is 9.47 Å². The number of hydrogen-bond donors (Lipinski definition) is 4. The smallest absolute Gasteiger partial charge is 0.119 e. The second kappa shape index (κ2) is 19.0. The van der Waals surface area contributed by atoms with E-state index in [2.05, 4.69) is 128 Å². The molecule has 55 heavy (non-hydrogen) atoms. The Morgan fingerprint density at radius 2 is 0.909 bits per heavy atom. The normalized spacial score (nSPS) is 21.1. The monoisotopic (exact) mass is 765 g/mol. The lowest BCUT2D eigenvalue weighted by Gasteiger charge is -2.50. The van der Waals surface area contributed by atoms with Crippen molar-refractivity contribution in [1.82, 2.24) is 20.4 Å². The summed E-state index contributed by atoms with van der Waals surface area (Å²) in [5.74, 6) is 1.54. The van der Waals surface area contributed by atoms with Gasteiger partial charge in [-0.2, -0.15) is 0 Å². The Morgan fingerprint density at radius 1 is 0.600 bits per heavy atom. The summed E-state index contributed by atoms with van der Waals surface area (Å²) < 4.78 is 12.3. The van der Waals surface area contributed by atoms with Gasteiger partial charge in [-0.15, -0.1) is 0 Å². The Labute approximate surface area is 336 Å². The van der Waals surface area contributed by atoms with Crippen LogP contribution in [0.1, 0.15) is 146 Å². The van der Waals surface area contributed by atoms with Gasteiger partial charge in [-0.25, -0.2) is 0 Å². The van der Waals surface area contributed by atoms with E-state index in [1.807, 2.05) is 24.3 Å². The molecule has 4 N–H and O–H groups in total. The van der Waals surface area contributed by atoms with Crippen molar-refractivity contribution in [3.63, 3.8) is 0 Å². The molecule has 2 atom stereocenters. The molecule has 2 heterocycles. The zero-order chi connectivity index (χ0) is 40.7. The minimum absolute atomic E-state index is 0.0616. The van der Waals surface area contributed by atoms with Gasteiger partial charge in [0.25, 0.3) is 0 Å². The molecule has 8 heteroatoms. The first-order chi connectivity index (χ1) is 25.6. The van der Waals surface area contributed by atoms with Crippen molar-refractivity contribution >= 4 is 0 Å². The van der Waals surface area contributed by atoms with Crippen LogP contribution in [0, 0.1) is 0 Å². The quantitative estimate of drug-likeness (QED) is 0.107. The van der Waals surface area contributed by atoms with Gasteiger partial charge >= 0.3 is 0 Å². The topological polar surface area (TPSA) is 89.5 Å². The molecule has 0 spiro atoms. The fourth-order valence-corrected chi connectivity index (χ4v) is 9.76. The van der Waals surface area contributed by atoms with E-state index in [1.54, 1.807) is 0 Å². The third kappa shape index (κ3) is 14.0. The lowest BCUT2D eigenvalue weighted by molar-refractivity contribution is 0.0165. The molecule has 2 saturated heterocycles. The van der Waals surface area contributed by atoms with Gasteiger partial charge in [0.2, 0.25) is 0 Å². The predicted octanol–water partition coefficient (Wildman–Crippen LogP) is 8.31. The summed E-state index contributed by atoms with van der Waals surface area (Å²) in [6.07, 6.45) is 7.68. The maximum Gasteiger partial charge on any atom is 0.119 e. The molecule has 0 saturated carbocycles. The highest BCUT2D eigenvalue weighted by Gasteiger charge is 2.41. The molecule has 0 aromatic heterocycles. The molecular formula is C47H80N4O4. The van der Waals surface area contributed by atoms with Gasteiger partial charge in [-0.1, -0.05) is 64.8 Å². The predicted molar refractivity (Wildman–Crippen MR) is 230 cm³/mol. The van der Waals surface area contributed by atoms with Gasteiger partial charge in [0.05, 0.1) is 0 Å². The fraction of sp³-hybridized carbons (Fsp3) is 0.745. The van der Waals surface area contributed by atoms with Crippen LogP contribution >= 0.6 is 0 Å². The number of unbranched alkanes of at least 4 members (excludes halogenated alkanes) is 2. The van der Waals surface area contributed by atoms with Crippen molar-refractivity contribution in [2.75, 3.05) is 39.4 Å². The number of aliphatic hydroxyl groups excluding tert-OH is 2. The number of rotatable bonds is 20. The molecule has 2 aromatic rings. The Balaban J connectivity index is 1.29. The first-order valence-electron chi connectivity index (χ1n) is 21.5. The summed E-state index contributed by atoms with van der Waals surface area (Å²) in [7, 11) is 0. The minimum Gasteiger partial charge on any atom is -0.491 e. The van der Waals surface area contributed by atoms with Crippen LogP contribution in [0.25, 0.3) is 0 Å². The highest BCUT2D eigenvalue weighted by atomic mass is 16.5. The molecule has 2 aliphatic heterocycles. The van der Waals surface area contributed by atoms with Crippen molar-refractivity contribution < 1.29 is 19.7 Å². The summed E-state index contributed by atoms with van der Waals surface area (Å²) >= 11 is 0. The standard InChI is InChI=1S/C47H80N4O4/c1-13-15-25-50(37-27-43(3,4)48-44(5,6)28-37)31-39(52)33-54-41-21-17-35(18-22-41)47(11,12)36-19-23-42(24-20-36)55-34-40(53)32-51(26-16-14-2)38-29-45(7,8)49-46(9,10)30-38/h17-24,37-40,48-49,52-53H,13-16,25-34H2,1-12H3. The highest BCUT2D eigenvalue weighted by molar-refractivity contribution is 5.41. The molecule has 2 unspecified atom stereocenters. The maximum atomic E-state index is 11.1. The van der Waals surface area contributed by atoms with E-state index in [1.165, 1.54) is 11.1 Å². The van der Waals surface area contributed by atoms with E-state index >= 15 is 0 Å². The second-order valence-corrected chi connectivity index (χ2v) is 20.2. The highest BCUT2D eigenvalue weighted by Crippen LogP contribution is 2.35. The number of ether oxygens (including phenoxy) is 2. The summed E-state index contributed by atoms with van der Waals surface area (Å²) in [4.78, 5) is 5.01. The van der Waals surface area contributed by atoms with E-state index in [0.29, 0.717) is 25.2 Å². The number of benzene rings is 2. The summed E-state index contributed by atoms with van der Waals surface area (Å²) in [6.45, 7) is 31.0. The maximum absolute atomic E-state index is 11.1. The lowest BCUT2D eigenvalue weighted by atomic mass is 9.78. The Morgan fingerprint density at radius 3 is 1.20 bits per heavy atom. The first kappa shape index (κ1) is 45.5. The molecule has 2 fully saturated rings. The van der Waals surface area contributed by atoms with Gasteiger partial charge in [0, 0.05) is 52.7 Å². The van der Waals surface area contributed by atoms with Crippen LogP contribution in [0.2, 0.25) is 0 Å². The molecule has 0 radical (unpaired) electrons. The molecule has 312 valence electrons. The van der Waals surface area contributed by atoms with Crippen molar-refractivity contribution in [2.45, 2.75) is 186 Å². The largest absolute Gasteiger partial charge is 0.491 e. The van der Waals surface area contributed by atoms with Gasteiger partial charge in [0.1, 0.15) is 36.9 Å². The molecule has 0 aliphatic carbocycles. The van der Waals surface area contributed by atoms with Gasteiger partial charge < -0.3 is 30.3 Å². The Kier molecular flexibility index (Phi) is 15.7. The number of nitrogens with one attached hydrogen (secondary N) is 2. The third-order valence-electron chi connectivity index (χ3n) is 11.9. The van der Waals surface area contributed by atoms with E-state index in [9.17, 15) is 10.2 Å². The van der Waals surface area contributed by atoms with Gasteiger partial charge in [-0.05, 0) is 142 Å². The van der Waals surface area contributed by atoms with Crippen molar-refractivity contribution in [3.05, 3.63) is 59.7 Å². The first-order valence-corrected chi connectivity index (χ1v) is 21.5. The zero-order valence-electron chi connectivity index (χ0n) is 36.9. The van der Waals surface area contributed by atoms with Crippen LogP contribution in [0.15, 0.2) is 48.5 Å². The van der Waals surface area contributed by atoms with Crippen LogP contribution in [0.5, 0.6) is 11.5 Å². The second-order valence-electron chi connectivity index (χ2n) is 20.2. The summed E-state index contributed by atoms with van der Waals surface area (Å²) in [5.41, 5.74) is 2.38. The number of hydrogen-bond acceptors (Lipinski definition) is 8. The van der Waals surface area contributed by atoms with Crippen LogP contribution in [-0.4, -0.2) is 106 Å². The zero-order valence-corrected chi connectivity index (χ0v) is 36.9. The third-order valence-corrected chi connectivity index (χ3v) is 11.9. The van der Waals surface area contributed by atoms with E-state index in [-0.39, 0.29) is 40.8 Å². The van der Waals surface area contributed by atoms with Crippen LogP contribution in [-0.2, 0) is 5.41 Å². The fourth-order valence-electron chi connectivity index (χ4n) is 9.76. The number of nitrogens with zero attached hydrogens (tertiary/aromatic N) is 2. The molecule has 2 aliphatic rings. The molecule has 0 bridgehead atoms. The average molecular weight is 765 g/mol. The SMILES string of the molecule is CCCCN(CC(O)COc1ccc(C(C)(C)c2ccc(OCC(O)CN(CCCC)C3CC(C)(C)NC(C)(C)C3)cc2)cc1)C1CC(C)(C)NC(C)(C)C1. The minimum atomic E-state index is -0.565. The van der Waals surface area contributed by atoms with Crippen LogP contribution in [0.3, 0.4) is 0 Å². The molecule has 2 aromatic carbocycles. The number of aliphatic hydroxyl groups is 2. The van der Waals surface area contributed by atoms with Crippen molar-refractivity contribution in [2.24, 2.45) is 0 Å². The molecule has 4 rings (SSSR count). The summed E-state index contributed by atoms with van der Waals surface area (Å²) in [6, 6.07) is 17.4. The Bertz CT molecular complexity index is 1300. The molecule has 8 nitrogen and oxygen atoms in total. The van der Waals surface area contributed by atoms with Gasteiger partial charge in [0.15, 0.2) is 0 Å². The van der Waals surface area contributed by atoms with Gasteiger partial charge in [-0.3, -0.25) is 9.80 Å². The Hall–Kier alpha value is -2.20.